The Morgan fingerprint density at radius 3 is 2.69 bits per heavy atom. The van der Waals surface area contributed by atoms with Crippen LogP contribution in [0.25, 0.3) is 6.08 Å². The second kappa shape index (κ2) is 8.52. The highest BCUT2D eigenvalue weighted by molar-refractivity contribution is 9.09. The molecule has 9 heteroatoms. The summed E-state index contributed by atoms with van der Waals surface area (Å²) in [7, 11) is 0. The number of rotatable bonds is 5. The number of hydrogen-bond acceptors (Lipinski definition) is 5. The van der Waals surface area contributed by atoms with Crippen LogP contribution in [-0.4, -0.2) is 38.9 Å². The number of ether oxygens (including phenoxy) is 1. The molecule has 0 saturated carbocycles. The van der Waals surface area contributed by atoms with Gasteiger partial charge in [0.25, 0.3) is 5.91 Å². The number of halogens is 2. The SMILES string of the molecule is N=C1/C(=C/c2ccc(OCCBr)cc2)C(=O)N=C2SC(c3ccccc3Cl)=NN12. The maximum Gasteiger partial charge on any atom is 0.283 e. The first-order valence-corrected chi connectivity index (χ1v) is 10.9. The van der Waals surface area contributed by atoms with Gasteiger partial charge in [0.2, 0.25) is 5.17 Å². The summed E-state index contributed by atoms with van der Waals surface area (Å²) in [4.78, 5) is 16.6. The Bertz CT molecular complexity index is 1080. The minimum absolute atomic E-state index is 0.0193. The molecule has 2 aliphatic rings. The van der Waals surface area contributed by atoms with Gasteiger partial charge in [0.15, 0.2) is 5.84 Å². The molecule has 146 valence electrons. The monoisotopic (exact) mass is 488 g/mol. The van der Waals surface area contributed by atoms with Crippen molar-refractivity contribution in [2.24, 2.45) is 10.1 Å². The van der Waals surface area contributed by atoms with Crippen LogP contribution in [0.3, 0.4) is 0 Å². The first-order chi connectivity index (χ1) is 14.1. The Labute approximate surface area is 184 Å². The third-order valence-electron chi connectivity index (χ3n) is 4.10. The zero-order valence-electron chi connectivity index (χ0n) is 14.9. The standard InChI is InChI=1S/C20H14BrClN4O2S/c21-9-10-28-13-7-5-12(6-8-13)11-15-17(23)26-20(24-18(15)27)29-19(25-26)14-3-1-2-4-16(14)22/h1-8,11,23H,9-10H2/b15-11-,23-17?. The third-order valence-corrected chi connectivity index (χ3v) is 5.69. The van der Waals surface area contributed by atoms with Crippen molar-refractivity contribution in [1.29, 1.82) is 5.41 Å². The molecule has 0 spiro atoms. The van der Waals surface area contributed by atoms with Crippen LogP contribution in [0.15, 0.2) is 64.2 Å². The lowest BCUT2D eigenvalue weighted by molar-refractivity contribution is -0.114. The van der Waals surface area contributed by atoms with Gasteiger partial charge in [-0.2, -0.15) is 15.1 Å². The van der Waals surface area contributed by atoms with Gasteiger partial charge in [-0.05, 0) is 41.6 Å². The van der Waals surface area contributed by atoms with Gasteiger partial charge < -0.3 is 4.74 Å². The molecule has 0 aliphatic carbocycles. The summed E-state index contributed by atoms with van der Waals surface area (Å²) < 4.78 is 5.52. The van der Waals surface area contributed by atoms with Gasteiger partial charge in [0, 0.05) is 10.9 Å². The Hall–Kier alpha value is -2.42. The first-order valence-electron chi connectivity index (χ1n) is 8.61. The second-order valence-electron chi connectivity index (χ2n) is 6.01. The van der Waals surface area contributed by atoms with Crippen LogP contribution in [-0.2, 0) is 4.79 Å². The lowest BCUT2D eigenvalue weighted by Gasteiger charge is -2.20. The number of carbonyl (C=O) groups excluding carboxylic acids is 1. The van der Waals surface area contributed by atoms with E-state index in [4.69, 9.17) is 21.7 Å². The van der Waals surface area contributed by atoms with E-state index in [0.29, 0.717) is 21.8 Å². The van der Waals surface area contributed by atoms with Gasteiger partial charge in [-0.1, -0.05) is 57.9 Å². The summed E-state index contributed by atoms with van der Waals surface area (Å²) in [5.74, 6) is 0.250. The van der Waals surface area contributed by atoms with E-state index in [0.717, 1.165) is 22.2 Å². The molecular formula is C20H14BrClN4O2S. The van der Waals surface area contributed by atoms with Gasteiger partial charge in [0.05, 0.1) is 17.2 Å². The first kappa shape index (κ1) is 19.9. The number of amides is 1. The minimum Gasteiger partial charge on any atom is -0.493 e. The number of nitrogens with zero attached hydrogens (tertiary/aromatic N) is 3. The summed E-state index contributed by atoms with van der Waals surface area (Å²) in [6.07, 6.45) is 1.63. The van der Waals surface area contributed by atoms with Crippen molar-refractivity contribution in [3.05, 3.63) is 70.3 Å². The van der Waals surface area contributed by atoms with Crippen LogP contribution < -0.4 is 4.74 Å². The predicted molar refractivity (Wildman–Crippen MR) is 121 cm³/mol. The highest BCUT2D eigenvalue weighted by atomic mass is 79.9. The molecule has 0 bridgehead atoms. The Morgan fingerprint density at radius 1 is 1.21 bits per heavy atom. The van der Waals surface area contributed by atoms with Crippen LogP contribution in [0.4, 0.5) is 0 Å². The van der Waals surface area contributed by atoms with E-state index in [2.05, 4.69) is 26.0 Å². The van der Waals surface area contributed by atoms with Crippen LogP contribution in [0.2, 0.25) is 5.02 Å². The molecule has 6 nitrogen and oxygen atoms in total. The zero-order valence-corrected chi connectivity index (χ0v) is 18.1. The second-order valence-corrected chi connectivity index (χ2v) is 8.17. The Balaban J connectivity index is 1.60. The number of thioether (sulfide) groups is 1. The van der Waals surface area contributed by atoms with E-state index in [1.165, 1.54) is 16.8 Å². The van der Waals surface area contributed by atoms with Gasteiger partial charge >= 0.3 is 0 Å². The smallest absolute Gasteiger partial charge is 0.283 e. The highest BCUT2D eigenvalue weighted by Gasteiger charge is 2.36. The fourth-order valence-electron chi connectivity index (χ4n) is 2.72. The van der Waals surface area contributed by atoms with Crippen molar-refractivity contribution >= 4 is 67.3 Å². The molecule has 0 fully saturated rings. The van der Waals surface area contributed by atoms with Crippen LogP contribution in [0.1, 0.15) is 11.1 Å². The summed E-state index contributed by atoms with van der Waals surface area (Å²) in [6.45, 7) is 0.569. The fraction of sp³-hybridized carbons (Fsp3) is 0.100. The highest BCUT2D eigenvalue weighted by Crippen LogP contribution is 2.33. The Morgan fingerprint density at radius 2 is 1.97 bits per heavy atom. The molecule has 2 aliphatic heterocycles. The lowest BCUT2D eigenvalue weighted by atomic mass is 10.1. The lowest BCUT2D eigenvalue weighted by Crippen LogP contribution is -2.35. The molecule has 1 amide bonds. The van der Waals surface area contributed by atoms with E-state index in [1.807, 2.05) is 42.5 Å². The van der Waals surface area contributed by atoms with E-state index in [1.54, 1.807) is 12.1 Å². The average Bonchev–Trinajstić information content (AvgIpc) is 3.14. The molecule has 0 aromatic heterocycles. The Kier molecular flexibility index (Phi) is 5.84. The third kappa shape index (κ3) is 4.14. The van der Waals surface area contributed by atoms with Crippen LogP contribution in [0.5, 0.6) is 5.75 Å². The van der Waals surface area contributed by atoms with E-state index >= 15 is 0 Å². The average molecular weight is 490 g/mol. The summed E-state index contributed by atoms with van der Waals surface area (Å²) in [5.41, 5.74) is 1.68. The molecule has 0 saturated heterocycles. The van der Waals surface area contributed by atoms with Crippen molar-refractivity contribution in [3.63, 3.8) is 0 Å². The van der Waals surface area contributed by atoms with Crippen molar-refractivity contribution in [2.75, 3.05) is 11.9 Å². The number of carbonyl (C=O) groups is 1. The van der Waals surface area contributed by atoms with E-state index in [9.17, 15) is 4.79 Å². The van der Waals surface area contributed by atoms with E-state index in [-0.39, 0.29) is 11.4 Å². The number of hydrogen-bond donors (Lipinski definition) is 1. The number of alkyl halides is 1. The van der Waals surface area contributed by atoms with Crippen LogP contribution in [0, 0.1) is 5.41 Å². The molecule has 1 N–H and O–H groups in total. The van der Waals surface area contributed by atoms with Gasteiger partial charge in [-0.3, -0.25) is 10.2 Å². The molecule has 0 radical (unpaired) electrons. The molecule has 2 heterocycles. The topological polar surface area (TPSA) is 78.1 Å². The van der Waals surface area contributed by atoms with Crippen molar-refractivity contribution in [3.8, 4) is 5.75 Å². The zero-order chi connectivity index (χ0) is 20.4. The minimum atomic E-state index is -0.469. The molecular weight excluding hydrogens is 476 g/mol. The molecule has 0 unspecified atom stereocenters. The molecule has 2 aromatic carbocycles. The maximum atomic E-state index is 12.5. The molecule has 4 rings (SSSR count). The maximum absolute atomic E-state index is 12.5. The fourth-order valence-corrected chi connectivity index (χ4v) is 4.09. The number of fused-ring (bicyclic) bond motifs is 1. The largest absolute Gasteiger partial charge is 0.493 e. The molecule has 29 heavy (non-hydrogen) atoms. The van der Waals surface area contributed by atoms with Gasteiger partial charge in [-0.15, -0.1) is 0 Å². The summed E-state index contributed by atoms with van der Waals surface area (Å²) >= 11 is 10.8. The molecule has 2 aromatic rings. The normalized spacial score (nSPS) is 17.3. The quantitative estimate of drug-likeness (QED) is 0.484. The number of hydrazone groups is 1. The van der Waals surface area contributed by atoms with Gasteiger partial charge in [0.1, 0.15) is 10.8 Å². The predicted octanol–water partition coefficient (Wildman–Crippen LogP) is 4.78. The van der Waals surface area contributed by atoms with Crippen molar-refractivity contribution in [2.45, 2.75) is 0 Å². The van der Waals surface area contributed by atoms with Crippen molar-refractivity contribution < 1.29 is 9.53 Å². The summed E-state index contributed by atoms with van der Waals surface area (Å²) in [6, 6.07) is 14.6. The van der Waals surface area contributed by atoms with E-state index < -0.39 is 5.91 Å². The number of benzene rings is 2. The van der Waals surface area contributed by atoms with Crippen LogP contribution >= 0.6 is 39.3 Å². The number of nitrogens with one attached hydrogen (secondary N) is 1. The number of aliphatic imine (C=N–C) groups is 1. The van der Waals surface area contributed by atoms with Crippen molar-refractivity contribution in [1.82, 2.24) is 5.01 Å². The van der Waals surface area contributed by atoms with Gasteiger partial charge in [-0.25, -0.2) is 0 Å². The number of amidine groups is 2. The molecule has 0 atom stereocenters. The summed E-state index contributed by atoms with van der Waals surface area (Å²) in [5, 5.41) is 16.5.